The molecule has 0 aliphatic heterocycles. The fourth-order valence-electron chi connectivity index (χ4n) is 1.30. The molecule has 6 heteroatoms. The molecule has 1 aromatic heterocycles. The van der Waals surface area contributed by atoms with Crippen LogP contribution in [-0.2, 0) is 5.88 Å². The van der Waals surface area contributed by atoms with Crippen LogP contribution in [0, 0.1) is 10.1 Å². The van der Waals surface area contributed by atoms with E-state index in [1.54, 1.807) is 29.1 Å². The summed E-state index contributed by atoms with van der Waals surface area (Å²) in [6.45, 7) is 0. The molecular weight excluding hydrogens is 230 g/mol. The van der Waals surface area contributed by atoms with Crippen LogP contribution in [0.2, 0.25) is 0 Å². The molecule has 16 heavy (non-hydrogen) atoms. The van der Waals surface area contributed by atoms with Gasteiger partial charge in [0, 0.05) is 18.3 Å². The summed E-state index contributed by atoms with van der Waals surface area (Å²) in [4.78, 5) is 10.0. The Kier molecular flexibility index (Phi) is 2.87. The number of alkyl halides is 1. The maximum Gasteiger partial charge on any atom is 0.269 e. The highest BCUT2D eigenvalue weighted by Gasteiger charge is 2.05. The van der Waals surface area contributed by atoms with E-state index >= 15 is 0 Å². The van der Waals surface area contributed by atoms with E-state index in [1.807, 2.05) is 0 Å². The molecule has 82 valence electrons. The van der Waals surface area contributed by atoms with Crippen LogP contribution >= 0.6 is 11.6 Å². The van der Waals surface area contributed by atoms with Crippen molar-refractivity contribution in [2.45, 2.75) is 5.88 Å². The number of rotatable bonds is 3. The largest absolute Gasteiger partial charge is 0.269 e. The first-order valence-corrected chi connectivity index (χ1v) is 5.09. The van der Waals surface area contributed by atoms with Crippen molar-refractivity contribution in [1.82, 2.24) is 9.78 Å². The Morgan fingerprint density at radius 3 is 2.50 bits per heavy atom. The van der Waals surface area contributed by atoms with Gasteiger partial charge in [0.25, 0.3) is 5.69 Å². The third-order valence-corrected chi connectivity index (χ3v) is 2.38. The number of nitro benzene ring substituents is 1. The zero-order valence-corrected chi connectivity index (χ0v) is 8.96. The molecule has 0 bridgehead atoms. The lowest BCUT2D eigenvalue weighted by Crippen LogP contribution is -1.96. The van der Waals surface area contributed by atoms with Gasteiger partial charge in [0.05, 0.1) is 22.2 Å². The van der Waals surface area contributed by atoms with Gasteiger partial charge in [0.1, 0.15) is 0 Å². The second-order valence-corrected chi connectivity index (χ2v) is 3.43. The molecule has 0 aliphatic carbocycles. The fraction of sp³-hybridized carbons (Fsp3) is 0.100. The standard InChI is InChI=1S/C10H8ClN3O2/c11-7-8-5-6-13(12-8)9-1-3-10(4-2-9)14(15)16/h1-6H,7H2. The van der Waals surface area contributed by atoms with Gasteiger partial charge in [-0.05, 0) is 18.2 Å². The van der Waals surface area contributed by atoms with Crippen molar-refractivity contribution in [3.63, 3.8) is 0 Å². The summed E-state index contributed by atoms with van der Waals surface area (Å²) < 4.78 is 1.63. The molecule has 0 fully saturated rings. The van der Waals surface area contributed by atoms with Crippen molar-refractivity contribution in [1.29, 1.82) is 0 Å². The second-order valence-electron chi connectivity index (χ2n) is 3.16. The van der Waals surface area contributed by atoms with Crippen LogP contribution in [0.25, 0.3) is 5.69 Å². The van der Waals surface area contributed by atoms with Crippen molar-refractivity contribution in [3.05, 3.63) is 52.3 Å². The average Bonchev–Trinajstić information content (AvgIpc) is 2.77. The highest BCUT2D eigenvalue weighted by molar-refractivity contribution is 6.16. The molecule has 0 spiro atoms. The Labute approximate surface area is 96.4 Å². The number of halogens is 1. The van der Waals surface area contributed by atoms with Gasteiger partial charge < -0.3 is 0 Å². The van der Waals surface area contributed by atoms with Crippen LogP contribution in [0.3, 0.4) is 0 Å². The van der Waals surface area contributed by atoms with E-state index in [9.17, 15) is 10.1 Å². The number of aromatic nitrogens is 2. The van der Waals surface area contributed by atoms with Gasteiger partial charge in [0.15, 0.2) is 0 Å². The first-order chi connectivity index (χ1) is 7.70. The molecular formula is C10H8ClN3O2. The Balaban J connectivity index is 2.30. The van der Waals surface area contributed by atoms with Crippen LogP contribution in [-0.4, -0.2) is 14.7 Å². The molecule has 1 aromatic carbocycles. The molecule has 1 heterocycles. The first kappa shape index (κ1) is 10.6. The Bertz CT molecular complexity index is 507. The zero-order valence-electron chi connectivity index (χ0n) is 8.21. The van der Waals surface area contributed by atoms with Crippen molar-refractivity contribution >= 4 is 17.3 Å². The average molecular weight is 238 g/mol. The Morgan fingerprint density at radius 1 is 1.31 bits per heavy atom. The monoisotopic (exact) mass is 237 g/mol. The molecule has 0 atom stereocenters. The van der Waals surface area contributed by atoms with Crippen molar-refractivity contribution in [2.24, 2.45) is 0 Å². The summed E-state index contributed by atoms with van der Waals surface area (Å²) in [5, 5.41) is 14.7. The molecule has 5 nitrogen and oxygen atoms in total. The van der Waals surface area contributed by atoms with Crippen molar-refractivity contribution in [2.75, 3.05) is 0 Å². The number of nitro groups is 1. The number of hydrogen-bond donors (Lipinski definition) is 0. The van der Waals surface area contributed by atoms with Crippen LogP contribution in [0.1, 0.15) is 5.69 Å². The third kappa shape index (κ3) is 2.04. The van der Waals surface area contributed by atoms with Crippen LogP contribution in [0.15, 0.2) is 36.5 Å². The maximum atomic E-state index is 10.5. The van der Waals surface area contributed by atoms with E-state index in [2.05, 4.69) is 5.10 Å². The van der Waals surface area contributed by atoms with Gasteiger partial charge in [-0.25, -0.2) is 4.68 Å². The van der Waals surface area contributed by atoms with E-state index in [0.29, 0.717) is 5.88 Å². The van der Waals surface area contributed by atoms with Gasteiger partial charge in [-0.2, -0.15) is 5.10 Å². The van der Waals surface area contributed by atoms with Crippen molar-refractivity contribution in [3.8, 4) is 5.69 Å². The highest BCUT2D eigenvalue weighted by atomic mass is 35.5. The molecule has 2 rings (SSSR count). The second kappa shape index (κ2) is 4.32. The lowest BCUT2D eigenvalue weighted by atomic mass is 10.3. The Hall–Kier alpha value is -1.88. The third-order valence-electron chi connectivity index (χ3n) is 2.11. The van der Waals surface area contributed by atoms with Crippen LogP contribution < -0.4 is 0 Å². The van der Waals surface area contributed by atoms with Gasteiger partial charge in [0.2, 0.25) is 0 Å². The van der Waals surface area contributed by atoms with E-state index in [-0.39, 0.29) is 5.69 Å². The number of hydrogen-bond acceptors (Lipinski definition) is 3. The van der Waals surface area contributed by atoms with E-state index in [1.165, 1.54) is 12.1 Å². The summed E-state index contributed by atoms with van der Waals surface area (Å²) in [7, 11) is 0. The van der Waals surface area contributed by atoms with Crippen LogP contribution in [0.4, 0.5) is 5.69 Å². The molecule has 0 saturated carbocycles. The first-order valence-electron chi connectivity index (χ1n) is 4.56. The Morgan fingerprint density at radius 2 is 2.00 bits per heavy atom. The molecule has 2 aromatic rings. The normalized spacial score (nSPS) is 10.3. The van der Waals surface area contributed by atoms with E-state index in [0.717, 1.165) is 11.4 Å². The maximum absolute atomic E-state index is 10.5. The summed E-state index contributed by atoms with van der Waals surface area (Å²) in [6.07, 6.45) is 1.76. The van der Waals surface area contributed by atoms with Crippen molar-refractivity contribution < 1.29 is 4.92 Å². The number of non-ortho nitro benzene ring substituents is 1. The zero-order chi connectivity index (χ0) is 11.5. The molecule has 0 radical (unpaired) electrons. The van der Waals surface area contributed by atoms with Crippen LogP contribution in [0.5, 0.6) is 0 Å². The summed E-state index contributed by atoms with van der Waals surface area (Å²) in [5.41, 5.74) is 1.59. The molecule has 0 N–H and O–H groups in total. The van der Waals surface area contributed by atoms with Gasteiger partial charge in [-0.15, -0.1) is 11.6 Å². The minimum atomic E-state index is -0.433. The minimum Gasteiger partial charge on any atom is -0.258 e. The SMILES string of the molecule is O=[N+]([O-])c1ccc(-n2ccc(CCl)n2)cc1. The lowest BCUT2D eigenvalue weighted by molar-refractivity contribution is -0.384. The summed E-state index contributed by atoms with van der Waals surface area (Å²) in [6, 6.07) is 7.97. The number of benzene rings is 1. The lowest BCUT2D eigenvalue weighted by Gasteiger charge is -1.99. The molecule has 0 unspecified atom stereocenters. The van der Waals surface area contributed by atoms with Gasteiger partial charge in [-0.1, -0.05) is 0 Å². The summed E-state index contributed by atoms with van der Waals surface area (Å²) in [5.74, 6) is 0.347. The van der Waals surface area contributed by atoms with Gasteiger partial charge in [-0.3, -0.25) is 10.1 Å². The smallest absolute Gasteiger partial charge is 0.258 e. The molecule has 0 amide bonds. The minimum absolute atomic E-state index is 0.0634. The van der Waals surface area contributed by atoms with E-state index in [4.69, 9.17) is 11.6 Å². The highest BCUT2D eigenvalue weighted by Crippen LogP contribution is 2.15. The molecule has 0 saturated heterocycles. The van der Waals surface area contributed by atoms with Gasteiger partial charge >= 0.3 is 0 Å². The fourth-order valence-corrected chi connectivity index (χ4v) is 1.45. The summed E-state index contributed by atoms with van der Waals surface area (Å²) >= 11 is 5.63. The topological polar surface area (TPSA) is 61.0 Å². The predicted octanol–water partition coefficient (Wildman–Crippen LogP) is 2.52. The quantitative estimate of drug-likeness (QED) is 0.468. The van der Waals surface area contributed by atoms with E-state index < -0.39 is 4.92 Å². The molecule has 0 aliphatic rings. The predicted molar refractivity (Wildman–Crippen MR) is 59.8 cm³/mol. The number of nitrogens with zero attached hydrogens (tertiary/aromatic N) is 3.